The second kappa shape index (κ2) is 10.2. The molecule has 11 nitrogen and oxygen atoms in total. The van der Waals surface area contributed by atoms with Crippen molar-refractivity contribution in [3.63, 3.8) is 0 Å². The maximum Gasteiger partial charge on any atom is 0.417 e. The number of carbonyl (C=O) groups is 3. The second-order valence-corrected chi connectivity index (χ2v) is 9.02. The summed E-state index contributed by atoms with van der Waals surface area (Å²) in [7, 11) is 0. The molecule has 1 aromatic heterocycles. The summed E-state index contributed by atoms with van der Waals surface area (Å²) >= 11 is 0. The number of nitrogens with two attached hydrogens (primary N) is 1. The molecule has 206 valence electrons. The highest BCUT2D eigenvalue weighted by molar-refractivity contribution is 6.06. The average molecular weight is 547 g/mol. The van der Waals surface area contributed by atoms with Crippen LogP contribution in [0.25, 0.3) is 10.8 Å². The lowest BCUT2D eigenvalue weighted by atomic mass is 10.1. The zero-order chi connectivity index (χ0) is 27.9. The molecule has 0 spiro atoms. The number of fused-ring (bicyclic) bond motifs is 1. The number of alkyl halides is 3. The number of anilines is 4. The summed E-state index contributed by atoms with van der Waals surface area (Å²) in [4.78, 5) is 43.6. The van der Waals surface area contributed by atoms with E-state index in [4.69, 9.17) is 15.2 Å². The lowest BCUT2D eigenvalue weighted by molar-refractivity contribution is -0.150. The third-order valence-electron chi connectivity index (χ3n) is 6.51. The van der Waals surface area contributed by atoms with Crippen LogP contribution in [0.5, 0.6) is 0 Å². The second-order valence-electron chi connectivity index (χ2n) is 9.02. The van der Waals surface area contributed by atoms with Gasteiger partial charge in [0, 0.05) is 47.1 Å². The Balaban J connectivity index is 1.34. The van der Waals surface area contributed by atoms with Crippen LogP contribution in [-0.2, 0) is 30.0 Å². The standard InChI is InChI=1S/C25H24F3N5O6/c26-25(27,28)17-9-14(8-13-11-30-22(29)19(13)17)31-23(36)20(35)21-24(37)33(5-7-39-21)16-3-1-2-15(10-16)32-4-6-38-12-18(32)34/h1-3,8-11,20-21,30,35H,4-7,12,29H2,(H,31,36)/t20-,21-/m1/s1. The number of benzene rings is 2. The number of rotatable bonds is 5. The number of aromatic amines is 1. The van der Waals surface area contributed by atoms with E-state index in [0.717, 1.165) is 0 Å². The number of nitrogens with one attached hydrogen (secondary N) is 2. The smallest absolute Gasteiger partial charge is 0.385 e. The van der Waals surface area contributed by atoms with Crippen molar-refractivity contribution in [1.29, 1.82) is 0 Å². The number of hydrogen-bond acceptors (Lipinski definition) is 7. The first-order valence-corrected chi connectivity index (χ1v) is 11.9. The number of nitrogens with zero attached hydrogens (tertiary/aromatic N) is 2. The van der Waals surface area contributed by atoms with Crippen molar-refractivity contribution < 1.29 is 42.1 Å². The molecule has 2 aliphatic heterocycles. The average Bonchev–Trinajstić information content (AvgIpc) is 3.28. The molecule has 3 amide bonds. The Labute approximate surface area is 219 Å². The molecule has 14 heteroatoms. The first-order valence-electron chi connectivity index (χ1n) is 11.9. The molecule has 0 unspecified atom stereocenters. The van der Waals surface area contributed by atoms with E-state index in [-0.39, 0.29) is 47.9 Å². The number of carbonyl (C=O) groups excluding carboxylic acids is 3. The van der Waals surface area contributed by atoms with Crippen LogP contribution >= 0.6 is 0 Å². The van der Waals surface area contributed by atoms with Crippen LogP contribution in [0.2, 0.25) is 0 Å². The van der Waals surface area contributed by atoms with Crippen LogP contribution in [0, 0.1) is 0 Å². The lowest BCUT2D eigenvalue weighted by Gasteiger charge is -2.35. The van der Waals surface area contributed by atoms with Gasteiger partial charge >= 0.3 is 6.18 Å². The van der Waals surface area contributed by atoms with Gasteiger partial charge in [-0.25, -0.2) is 0 Å². The Bertz CT molecular complexity index is 1440. The normalized spacial score (nSPS) is 19.4. The van der Waals surface area contributed by atoms with Crippen LogP contribution < -0.4 is 20.9 Å². The molecule has 2 saturated heterocycles. The maximum absolute atomic E-state index is 13.6. The van der Waals surface area contributed by atoms with E-state index in [1.165, 1.54) is 22.1 Å². The Morgan fingerprint density at radius 3 is 2.56 bits per heavy atom. The Kier molecular flexibility index (Phi) is 6.92. The summed E-state index contributed by atoms with van der Waals surface area (Å²) in [6, 6.07) is 8.60. The first-order chi connectivity index (χ1) is 18.5. The van der Waals surface area contributed by atoms with Gasteiger partial charge in [0.25, 0.3) is 17.7 Å². The number of amides is 3. The van der Waals surface area contributed by atoms with Crippen LogP contribution in [0.1, 0.15) is 5.56 Å². The minimum absolute atomic E-state index is 0.0196. The highest BCUT2D eigenvalue weighted by atomic mass is 19.4. The van der Waals surface area contributed by atoms with Gasteiger partial charge in [0.1, 0.15) is 12.4 Å². The van der Waals surface area contributed by atoms with E-state index >= 15 is 0 Å². The molecule has 0 radical (unpaired) electrons. The molecule has 2 fully saturated rings. The fraction of sp³-hybridized carbons (Fsp3) is 0.320. The van der Waals surface area contributed by atoms with E-state index in [0.29, 0.717) is 30.6 Å². The number of aromatic nitrogens is 1. The monoisotopic (exact) mass is 547 g/mol. The third kappa shape index (κ3) is 5.13. The van der Waals surface area contributed by atoms with Crippen LogP contribution in [0.15, 0.2) is 42.6 Å². The molecule has 0 aliphatic carbocycles. The van der Waals surface area contributed by atoms with Gasteiger partial charge in [-0.3, -0.25) is 14.4 Å². The van der Waals surface area contributed by atoms with E-state index in [1.54, 1.807) is 24.3 Å². The fourth-order valence-corrected chi connectivity index (χ4v) is 4.66. The van der Waals surface area contributed by atoms with E-state index < -0.39 is 35.8 Å². The summed E-state index contributed by atoms with van der Waals surface area (Å²) in [5, 5.41) is 12.8. The van der Waals surface area contributed by atoms with Crippen LogP contribution in [0.4, 0.5) is 36.1 Å². The Morgan fingerprint density at radius 1 is 1.13 bits per heavy atom. The molecule has 5 rings (SSSR count). The number of ether oxygens (including phenoxy) is 2. The molecule has 2 atom stereocenters. The van der Waals surface area contributed by atoms with Gasteiger partial charge in [-0.15, -0.1) is 0 Å². The van der Waals surface area contributed by atoms with Gasteiger partial charge in [-0.1, -0.05) is 6.07 Å². The number of hydrogen-bond donors (Lipinski definition) is 4. The van der Waals surface area contributed by atoms with Crippen molar-refractivity contribution >= 4 is 51.4 Å². The van der Waals surface area contributed by atoms with Crippen molar-refractivity contribution in [3.8, 4) is 0 Å². The molecule has 0 bridgehead atoms. The van der Waals surface area contributed by atoms with Gasteiger partial charge in [0.05, 0.1) is 18.8 Å². The van der Waals surface area contributed by atoms with E-state index in [1.807, 2.05) is 0 Å². The summed E-state index contributed by atoms with van der Waals surface area (Å²) < 4.78 is 51.5. The van der Waals surface area contributed by atoms with E-state index in [2.05, 4.69) is 10.3 Å². The number of aliphatic hydroxyl groups is 1. The van der Waals surface area contributed by atoms with Crippen molar-refractivity contribution in [2.24, 2.45) is 0 Å². The molecule has 0 saturated carbocycles. The van der Waals surface area contributed by atoms with Crippen molar-refractivity contribution in [2.75, 3.05) is 53.8 Å². The number of halogens is 3. The number of aliphatic hydroxyl groups excluding tert-OH is 1. The van der Waals surface area contributed by atoms with Crippen LogP contribution in [-0.4, -0.2) is 72.9 Å². The highest BCUT2D eigenvalue weighted by Crippen LogP contribution is 2.39. The largest absolute Gasteiger partial charge is 0.417 e. The summed E-state index contributed by atoms with van der Waals surface area (Å²) in [6.45, 7) is 0.751. The predicted molar refractivity (Wildman–Crippen MR) is 134 cm³/mol. The molecular formula is C25H24F3N5O6. The number of nitrogen functional groups attached to an aromatic ring is 1. The SMILES string of the molecule is Nc1[nH]cc2cc(NC(=O)[C@H](O)[C@H]3OCCN(c4cccc(N5CCOCC5=O)c4)C3=O)cc(C(F)(F)F)c12. The topological polar surface area (TPSA) is 150 Å². The van der Waals surface area contributed by atoms with Crippen molar-refractivity contribution in [1.82, 2.24) is 4.98 Å². The quantitative estimate of drug-likeness (QED) is 0.381. The van der Waals surface area contributed by atoms with E-state index in [9.17, 15) is 32.7 Å². The fourth-order valence-electron chi connectivity index (χ4n) is 4.66. The van der Waals surface area contributed by atoms with Crippen molar-refractivity contribution in [3.05, 3.63) is 48.2 Å². The Hall–Kier alpha value is -4.14. The first kappa shape index (κ1) is 26.5. The zero-order valence-electron chi connectivity index (χ0n) is 20.3. The maximum atomic E-state index is 13.6. The minimum atomic E-state index is -4.77. The van der Waals surface area contributed by atoms with Gasteiger partial charge < -0.3 is 40.4 Å². The summed E-state index contributed by atoms with van der Waals surface area (Å²) in [6.07, 6.45) is -7.14. The van der Waals surface area contributed by atoms with Gasteiger partial charge in [0.2, 0.25) is 0 Å². The molecule has 2 aromatic carbocycles. The molecule has 5 N–H and O–H groups in total. The number of H-pyrrole nitrogens is 1. The molecule has 3 heterocycles. The minimum Gasteiger partial charge on any atom is -0.385 e. The predicted octanol–water partition coefficient (Wildman–Crippen LogP) is 1.86. The zero-order valence-corrected chi connectivity index (χ0v) is 20.3. The summed E-state index contributed by atoms with van der Waals surface area (Å²) in [5.74, 6) is -2.26. The van der Waals surface area contributed by atoms with Crippen molar-refractivity contribution in [2.45, 2.75) is 18.4 Å². The van der Waals surface area contributed by atoms with Crippen LogP contribution in [0.3, 0.4) is 0 Å². The molecular weight excluding hydrogens is 523 g/mol. The molecule has 39 heavy (non-hydrogen) atoms. The van der Waals surface area contributed by atoms with Gasteiger partial charge in [-0.2, -0.15) is 13.2 Å². The molecule has 2 aliphatic rings. The third-order valence-corrected chi connectivity index (χ3v) is 6.51. The Morgan fingerprint density at radius 2 is 1.85 bits per heavy atom. The number of morpholine rings is 2. The summed E-state index contributed by atoms with van der Waals surface area (Å²) in [5.41, 5.74) is 5.29. The molecule has 3 aromatic rings. The lowest BCUT2D eigenvalue weighted by Crippen LogP contribution is -2.55. The highest BCUT2D eigenvalue weighted by Gasteiger charge is 2.40. The van der Waals surface area contributed by atoms with Gasteiger partial charge in [0.15, 0.2) is 12.2 Å². The van der Waals surface area contributed by atoms with Gasteiger partial charge in [-0.05, 0) is 30.3 Å².